The molecule has 0 spiro atoms. The van der Waals surface area contributed by atoms with Crippen molar-refractivity contribution >= 4 is 5.97 Å². The average molecular weight is 292 g/mol. The van der Waals surface area contributed by atoms with E-state index < -0.39 is 6.36 Å². The number of esters is 1. The molecule has 0 bridgehead atoms. The number of carbonyl (C=O) groups excluding carboxylic acids is 1. The van der Waals surface area contributed by atoms with Crippen LogP contribution < -0.4 is 9.47 Å². The van der Waals surface area contributed by atoms with Crippen LogP contribution in [0.4, 0.5) is 13.2 Å². The van der Waals surface area contributed by atoms with Gasteiger partial charge in [0.05, 0.1) is 13.2 Å². The van der Waals surface area contributed by atoms with Gasteiger partial charge in [-0.15, -0.1) is 13.2 Å². The number of benzene rings is 1. The van der Waals surface area contributed by atoms with Gasteiger partial charge >= 0.3 is 12.3 Å². The second-order valence-electron chi connectivity index (χ2n) is 3.78. The summed E-state index contributed by atoms with van der Waals surface area (Å²) in [6, 6.07) is 5.21. The molecule has 1 rings (SSSR count). The maximum Gasteiger partial charge on any atom is 0.573 e. The molecule has 4 nitrogen and oxygen atoms in total. The molecule has 0 aromatic heterocycles. The number of ether oxygens (including phenoxy) is 3. The van der Waals surface area contributed by atoms with E-state index in [0.717, 1.165) is 6.07 Å². The number of alkyl halides is 3. The van der Waals surface area contributed by atoms with Crippen molar-refractivity contribution in [2.75, 3.05) is 13.2 Å². The Morgan fingerprint density at radius 1 is 1.25 bits per heavy atom. The summed E-state index contributed by atoms with van der Waals surface area (Å²) in [5.74, 6) is -0.429. The molecule has 0 N–H and O–H groups in total. The Hall–Kier alpha value is -1.92. The van der Waals surface area contributed by atoms with Gasteiger partial charge in [0.1, 0.15) is 11.5 Å². The third-order valence-corrected chi connectivity index (χ3v) is 2.14. The first kappa shape index (κ1) is 16.1. The molecule has 7 heteroatoms. The van der Waals surface area contributed by atoms with Crippen LogP contribution in [-0.4, -0.2) is 25.5 Å². The summed E-state index contributed by atoms with van der Waals surface area (Å²) < 4.78 is 49.8. The minimum absolute atomic E-state index is 0.201. The lowest BCUT2D eigenvalue weighted by Gasteiger charge is -2.10. The van der Waals surface area contributed by atoms with Gasteiger partial charge in [0.25, 0.3) is 0 Å². The summed E-state index contributed by atoms with van der Waals surface area (Å²) in [6.45, 7) is 2.23. The van der Waals surface area contributed by atoms with Gasteiger partial charge in [-0.2, -0.15) is 0 Å². The third kappa shape index (κ3) is 6.86. The Labute approximate surface area is 114 Å². The van der Waals surface area contributed by atoms with Crippen molar-refractivity contribution in [3.63, 3.8) is 0 Å². The molecule has 0 aliphatic carbocycles. The fourth-order valence-corrected chi connectivity index (χ4v) is 1.40. The molecule has 0 fully saturated rings. The molecule has 0 aliphatic heterocycles. The van der Waals surface area contributed by atoms with Crippen LogP contribution in [0.3, 0.4) is 0 Å². The van der Waals surface area contributed by atoms with Crippen molar-refractivity contribution < 1.29 is 32.2 Å². The van der Waals surface area contributed by atoms with Crippen LogP contribution in [0.25, 0.3) is 0 Å². The monoisotopic (exact) mass is 292 g/mol. The summed E-state index contributed by atoms with van der Waals surface area (Å²) in [4.78, 5) is 11.0. The molecule has 0 heterocycles. The molecule has 0 unspecified atom stereocenters. The van der Waals surface area contributed by atoms with E-state index in [9.17, 15) is 18.0 Å². The minimum atomic E-state index is -4.73. The lowest BCUT2D eigenvalue weighted by atomic mass is 10.3. The molecule has 0 saturated heterocycles. The quantitative estimate of drug-likeness (QED) is 0.571. The van der Waals surface area contributed by atoms with Gasteiger partial charge in [-0.25, -0.2) is 0 Å². The molecular weight excluding hydrogens is 277 g/mol. The van der Waals surface area contributed by atoms with Crippen molar-refractivity contribution in [3.05, 3.63) is 24.3 Å². The molecule has 0 amide bonds. The molecule has 0 saturated carbocycles. The van der Waals surface area contributed by atoms with E-state index in [1.807, 2.05) is 0 Å². The molecule has 112 valence electrons. The highest BCUT2D eigenvalue weighted by Gasteiger charge is 2.31. The number of carbonyl (C=O) groups is 1. The minimum Gasteiger partial charge on any atom is -0.493 e. The van der Waals surface area contributed by atoms with Gasteiger partial charge in [-0.1, -0.05) is 6.07 Å². The van der Waals surface area contributed by atoms with Gasteiger partial charge in [0, 0.05) is 12.5 Å². The highest BCUT2D eigenvalue weighted by Crippen LogP contribution is 2.26. The predicted molar refractivity (Wildman–Crippen MR) is 64.5 cm³/mol. The topological polar surface area (TPSA) is 44.8 Å². The maximum absolute atomic E-state index is 12.0. The molecule has 1 aromatic carbocycles. The Kier molecular flexibility index (Phi) is 6.14. The van der Waals surface area contributed by atoms with E-state index in [1.165, 1.54) is 18.2 Å². The Bertz CT molecular complexity index is 432. The van der Waals surface area contributed by atoms with Crippen LogP contribution in [-0.2, 0) is 9.53 Å². The molecule has 0 radical (unpaired) electrons. The highest BCUT2D eigenvalue weighted by atomic mass is 19.4. The second-order valence-corrected chi connectivity index (χ2v) is 3.78. The zero-order valence-corrected chi connectivity index (χ0v) is 10.9. The molecule has 0 aliphatic rings. The van der Waals surface area contributed by atoms with Crippen molar-refractivity contribution in [1.82, 2.24) is 0 Å². The van der Waals surface area contributed by atoms with Crippen LogP contribution >= 0.6 is 0 Å². The highest BCUT2D eigenvalue weighted by molar-refractivity contribution is 5.69. The maximum atomic E-state index is 12.0. The number of halogens is 3. The second kappa shape index (κ2) is 7.62. The Morgan fingerprint density at radius 2 is 1.95 bits per heavy atom. The summed E-state index contributed by atoms with van der Waals surface area (Å²) in [7, 11) is 0. The van der Waals surface area contributed by atoms with E-state index in [4.69, 9.17) is 9.47 Å². The van der Waals surface area contributed by atoms with Crippen LogP contribution in [0.5, 0.6) is 11.5 Å². The standard InChI is InChI=1S/C13H15F3O4/c1-2-18-12(17)7-4-8-19-10-5-3-6-11(9-10)20-13(14,15)16/h3,5-6,9H,2,4,7-8H2,1H3. The van der Waals surface area contributed by atoms with Gasteiger partial charge in [0.15, 0.2) is 0 Å². The van der Waals surface area contributed by atoms with E-state index in [-0.39, 0.29) is 30.5 Å². The van der Waals surface area contributed by atoms with Gasteiger partial charge in [0.2, 0.25) is 0 Å². The predicted octanol–water partition coefficient (Wildman–Crippen LogP) is 3.31. The first-order valence-electron chi connectivity index (χ1n) is 6.05. The van der Waals surface area contributed by atoms with Crippen molar-refractivity contribution in [2.24, 2.45) is 0 Å². The lowest BCUT2D eigenvalue weighted by molar-refractivity contribution is -0.274. The molecule has 0 atom stereocenters. The fourth-order valence-electron chi connectivity index (χ4n) is 1.40. The third-order valence-electron chi connectivity index (χ3n) is 2.14. The number of rotatable bonds is 7. The SMILES string of the molecule is CCOC(=O)CCCOc1cccc(OC(F)(F)F)c1. The Balaban J connectivity index is 2.37. The van der Waals surface area contributed by atoms with Gasteiger partial charge in [-0.3, -0.25) is 4.79 Å². The van der Waals surface area contributed by atoms with Crippen molar-refractivity contribution in [1.29, 1.82) is 0 Å². The summed E-state index contributed by atoms with van der Waals surface area (Å²) in [5.41, 5.74) is 0. The summed E-state index contributed by atoms with van der Waals surface area (Å²) in [6.07, 6.45) is -4.11. The first-order valence-corrected chi connectivity index (χ1v) is 6.05. The average Bonchev–Trinajstić information content (AvgIpc) is 2.33. The lowest BCUT2D eigenvalue weighted by Crippen LogP contribution is -2.17. The Morgan fingerprint density at radius 3 is 2.60 bits per heavy atom. The molecular formula is C13H15F3O4. The van der Waals surface area contributed by atoms with Gasteiger partial charge in [-0.05, 0) is 25.5 Å². The summed E-state index contributed by atoms with van der Waals surface area (Å²) >= 11 is 0. The van der Waals surface area contributed by atoms with Crippen LogP contribution in [0, 0.1) is 0 Å². The van der Waals surface area contributed by atoms with Crippen LogP contribution in [0.15, 0.2) is 24.3 Å². The molecule has 1 aromatic rings. The van der Waals surface area contributed by atoms with Crippen molar-refractivity contribution in [3.8, 4) is 11.5 Å². The smallest absolute Gasteiger partial charge is 0.493 e. The van der Waals surface area contributed by atoms with Crippen molar-refractivity contribution in [2.45, 2.75) is 26.1 Å². The van der Waals surface area contributed by atoms with Gasteiger partial charge < -0.3 is 14.2 Å². The first-order chi connectivity index (χ1) is 9.40. The number of hydrogen-bond donors (Lipinski definition) is 0. The van der Waals surface area contributed by atoms with E-state index in [1.54, 1.807) is 6.92 Å². The normalized spacial score (nSPS) is 11.0. The van der Waals surface area contributed by atoms with Crippen LogP contribution in [0.2, 0.25) is 0 Å². The zero-order chi connectivity index (χ0) is 15.0. The van der Waals surface area contributed by atoms with E-state index in [2.05, 4.69) is 4.74 Å². The summed E-state index contributed by atoms with van der Waals surface area (Å²) in [5, 5.41) is 0. The zero-order valence-electron chi connectivity index (χ0n) is 10.9. The van der Waals surface area contributed by atoms with E-state index in [0.29, 0.717) is 13.0 Å². The fraction of sp³-hybridized carbons (Fsp3) is 0.462. The number of hydrogen-bond acceptors (Lipinski definition) is 4. The largest absolute Gasteiger partial charge is 0.573 e. The molecule has 20 heavy (non-hydrogen) atoms. The van der Waals surface area contributed by atoms with E-state index >= 15 is 0 Å². The van der Waals surface area contributed by atoms with Crippen LogP contribution in [0.1, 0.15) is 19.8 Å².